The van der Waals surface area contributed by atoms with Crippen LogP contribution in [0.2, 0.25) is 0 Å². The Labute approximate surface area is 294 Å². The summed E-state index contributed by atoms with van der Waals surface area (Å²) in [6.45, 7) is 0. The molecule has 0 aliphatic rings. The van der Waals surface area contributed by atoms with Gasteiger partial charge in [-0.15, -0.1) is 0 Å². The van der Waals surface area contributed by atoms with Gasteiger partial charge in [0.15, 0.2) is 17.5 Å². The molecule has 0 spiro atoms. The largest absolute Gasteiger partial charge is 0.455 e. The van der Waals surface area contributed by atoms with Crippen molar-refractivity contribution in [2.24, 2.45) is 0 Å². The van der Waals surface area contributed by atoms with Gasteiger partial charge < -0.3 is 4.42 Å². The van der Waals surface area contributed by atoms with Crippen molar-refractivity contribution in [1.29, 1.82) is 0 Å². The molecule has 0 atom stereocenters. The van der Waals surface area contributed by atoms with Crippen molar-refractivity contribution in [3.8, 4) is 56.4 Å². The molecule has 4 nitrogen and oxygen atoms in total. The fourth-order valence-corrected chi connectivity index (χ4v) is 7.24. The number of rotatable bonds is 5. The molecular formula is C47H29N3O. The van der Waals surface area contributed by atoms with E-state index >= 15 is 0 Å². The SMILES string of the molecule is c1ccc(-c2nc(-c3ccccc3)nc(-c3ccc4c(c3)oc3c5ccccc5c(-c5cccc(-c6cccc7ccccc67)c5)cc43)n2)cc1. The van der Waals surface area contributed by atoms with Crippen LogP contribution < -0.4 is 0 Å². The lowest BCUT2D eigenvalue weighted by Crippen LogP contribution is -2.00. The molecule has 4 heteroatoms. The molecule has 8 aromatic carbocycles. The van der Waals surface area contributed by atoms with Crippen molar-refractivity contribution >= 4 is 43.5 Å². The average Bonchev–Trinajstić information content (AvgIpc) is 3.59. The topological polar surface area (TPSA) is 51.8 Å². The van der Waals surface area contributed by atoms with Gasteiger partial charge in [0.25, 0.3) is 0 Å². The smallest absolute Gasteiger partial charge is 0.164 e. The number of benzene rings is 8. The van der Waals surface area contributed by atoms with Gasteiger partial charge in [-0.25, -0.2) is 15.0 Å². The van der Waals surface area contributed by atoms with Crippen molar-refractivity contribution in [1.82, 2.24) is 15.0 Å². The van der Waals surface area contributed by atoms with Crippen molar-refractivity contribution in [2.75, 3.05) is 0 Å². The summed E-state index contributed by atoms with van der Waals surface area (Å²) >= 11 is 0. The van der Waals surface area contributed by atoms with E-state index in [0.29, 0.717) is 17.5 Å². The highest BCUT2D eigenvalue weighted by Gasteiger charge is 2.18. The van der Waals surface area contributed by atoms with Gasteiger partial charge in [-0.05, 0) is 62.7 Å². The van der Waals surface area contributed by atoms with E-state index in [2.05, 4.69) is 115 Å². The first kappa shape index (κ1) is 29.0. The van der Waals surface area contributed by atoms with Crippen molar-refractivity contribution in [2.45, 2.75) is 0 Å². The van der Waals surface area contributed by atoms with Crippen molar-refractivity contribution in [3.63, 3.8) is 0 Å². The molecule has 0 aliphatic heterocycles. The van der Waals surface area contributed by atoms with Gasteiger partial charge in [-0.2, -0.15) is 0 Å². The van der Waals surface area contributed by atoms with Gasteiger partial charge >= 0.3 is 0 Å². The van der Waals surface area contributed by atoms with E-state index in [-0.39, 0.29) is 0 Å². The fourth-order valence-electron chi connectivity index (χ4n) is 7.24. The molecule has 0 fully saturated rings. The Hall–Kier alpha value is -6.91. The maximum atomic E-state index is 6.72. The standard InChI is InChI=1S/C47H29N3O/c1-3-14-31(15-4-1)45-48-46(32-16-5-2-6-17-32)50-47(49-45)35-25-26-39-42-29-41(38-22-9-10-23-40(38)44(42)51-43(39)28-35)34-20-11-19-33(27-34)37-24-12-18-30-13-7-8-21-36(30)37/h1-29H. The number of fused-ring (bicyclic) bond motifs is 6. The highest BCUT2D eigenvalue weighted by atomic mass is 16.3. The third-order valence-corrected chi connectivity index (χ3v) is 9.71. The van der Waals surface area contributed by atoms with Crippen LogP contribution in [-0.2, 0) is 0 Å². The lowest BCUT2D eigenvalue weighted by atomic mass is 9.92. The van der Waals surface area contributed by atoms with Gasteiger partial charge in [0.05, 0.1) is 0 Å². The first-order chi connectivity index (χ1) is 25.3. The Kier molecular flexibility index (Phi) is 6.78. The number of nitrogens with zero attached hydrogens (tertiary/aromatic N) is 3. The van der Waals surface area contributed by atoms with Gasteiger partial charge in [-0.3, -0.25) is 0 Å². The summed E-state index contributed by atoms with van der Waals surface area (Å²) < 4.78 is 6.72. The molecule has 238 valence electrons. The summed E-state index contributed by atoms with van der Waals surface area (Å²) in [6.07, 6.45) is 0. The van der Waals surface area contributed by atoms with E-state index in [1.165, 1.54) is 27.5 Å². The molecule has 0 unspecified atom stereocenters. The van der Waals surface area contributed by atoms with Gasteiger partial charge in [0, 0.05) is 32.8 Å². The van der Waals surface area contributed by atoms with E-state index in [4.69, 9.17) is 19.4 Å². The van der Waals surface area contributed by atoms with E-state index in [1.54, 1.807) is 0 Å². The van der Waals surface area contributed by atoms with Crippen LogP contribution in [0.5, 0.6) is 0 Å². The van der Waals surface area contributed by atoms with Crippen molar-refractivity contribution in [3.05, 3.63) is 176 Å². The second kappa shape index (κ2) is 11.9. The Balaban J connectivity index is 1.14. The first-order valence-electron chi connectivity index (χ1n) is 17.1. The zero-order chi connectivity index (χ0) is 33.7. The summed E-state index contributed by atoms with van der Waals surface area (Å²) in [5, 5.41) is 6.84. The summed E-state index contributed by atoms with van der Waals surface area (Å²) in [4.78, 5) is 14.8. The second-order valence-electron chi connectivity index (χ2n) is 12.8. The van der Waals surface area contributed by atoms with Crippen LogP contribution in [0.1, 0.15) is 0 Å². The highest BCUT2D eigenvalue weighted by molar-refractivity contribution is 6.19. The lowest BCUT2D eigenvalue weighted by Gasteiger charge is -2.12. The predicted octanol–water partition coefficient (Wildman–Crippen LogP) is 12.4. The molecule has 0 bridgehead atoms. The molecule has 2 aromatic heterocycles. The Bertz CT molecular complexity index is 2850. The van der Waals surface area contributed by atoms with Crippen LogP contribution in [-0.4, -0.2) is 15.0 Å². The monoisotopic (exact) mass is 651 g/mol. The van der Waals surface area contributed by atoms with Gasteiger partial charge in [0.1, 0.15) is 11.2 Å². The lowest BCUT2D eigenvalue weighted by molar-refractivity contribution is 0.673. The normalized spacial score (nSPS) is 11.5. The molecule has 0 N–H and O–H groups in total. The molecule has 10 aromatic rings. The Morgan fingerprint density at radius 3 is 1.59 bits per heavy atom. The molecule has 2 heterocycles. The third-order valence-electron chi connectivity index (χ3n) is 9.71. The van der Waals surface area contributed by atoms with E-state index in [9.17, 15) is 0 Å². The molecule has 0 saturated carbocycles. The third kappa shape index (κ3) is 5.04. The minimum absolute atomic E-state index is 0.598. The van der Waals surface area contributed by atoms with Crippen LogP contribution in [0.15, 0.2) is 180 Å². The maximum absolute atomic E-state index is 6.72. The Morgan fingerprint density at radius 2 is 0.863 bits per heavy atom. The minimum Gasteiger partial charge on any atom is -0.455 e. The number of hydrogen-bond acceptors (Lipinski definition) is 4. The molecule has 0 saturated heterocycles. The second-order valence-corrected chi connectivity index (χ2v) is 12.8. The molecule has 10 rings (SSSR count). The summed E-state index contributed by atoms with van der Waals surface area (Å²) in [5.74, 6) is 1.86. The molecule has 51 heavy (non-hydrogen) atoms. The molecule has 0 amide bonds. The van der Waals surface area contributed by atoms with Crippen LogP contribution in [0.4, 0.5) is 0 Å². The van der Waals surface area contributed by atoms with Gasteiger partial charge in [0.2, 0.25) is 0 Å². The quantitative estimate of drug-likeness (QED) is 0.186. The number of hydrogen-bond donors (Lipinski definition) is 0. The van der Waals surface area contributed by atoms with Crippen LogP contribution in [0, 0.1) is 0 Å². The van der Waals surface area contributed by atoms with Crippen molar-refractivity contribution < 1.29 is 4.42 Å². The zero-order valence-corrected chi connectivity index (χ0v) is 27.5. The highest BCUT2D eigenvalue weighted by Crippen LogP contribution is 2.42. The van der Waals surface area contributed by atoms with Crippen LogP contribution in [0.3, 0.4) is 0 Å². The molecular weight excluding hydrogens is 623 g/mol. The summed E-state index contributed by atoms with van der Waals surface area (Å²) in [6, 6.07) is 61.2. The predicted molar refractivity (Wildman–Crippen MR) is 209 cm³/mol. The summed E-state index contributed by atoms with van der Waals surface area (Å²) in [5.41, 5.74) is 9.16. The molecule has 0 aliphatic carbocycles. The molecule has 0 radical (unpaired) electrons. The zero-order valence-electron chi connectivity index (χ0n) is 27.5. The Morgan fingerprint density at radius 1 is 0.314 bits per heavy atom. The van der Waals surface area contributed by atoms with E-state index in [0.717, 1.165) is 55.0 Å². The maximum Gasteiger partial charge on any atom is 0.164 e. The van der Waals surface area contributed by atoms with E-state index < -0.39 is 0 Å². The summed E-state index contributed by atoms with van der Waals surface area (Å²) in [7, 11) is 0. The number of aromatic nitrogens is 3. The number of furan rings is 1. The average molecular weight is 652 g/mol. The fraction of sp³-hybridized carbons (Fsp3) is 0. The van der Waals surface area contributed by atoms with Gasteiger partial charge in [-0.1, -0.05) is 152 Å². The minimum atomic E-state index is 0.598. The van der Waals surface area contributed by atoms with Crippen LogP contribution >= 0.6 is 0 Å². The van der Waals surface area contributed by atoms with E-state index in [1.807, 2.05) is 60.7 Å². The first-order valence-corrected chi connectivity index (χ1v) is 17.1. The van der Waals surface area contributed by atoms with Crippen LogP contribution in [0.25, 0.3) is 99.9 Å².